The highest BCUT2D eigenvalue weighted by Crippen LogP contribution is 2.24. The summed E-state index contributed by atoms with van der Waals surface area (Å²) in [6.07, 6.45) is 3.28. The zero-order valence-corrected chi connectivity index (χ0v) is 18.9. The first kappa shape index (κ1) is 22.9. The summed E-state index contributed by atoms with van der Waals surface area (Å²) in [6, 6.07) is 6.31. The van der Waals surface area contributed by atoms with Gasteiger partial charge in [-0.25, -0.2) is 4.79 Å². The molecule has 31 heavy (non-hydrogen) atoms. The molecule has 1 aliphatic carbocycles. The number of carbonyl (C=O) groups is 3. The van der Waals surface area contributed by atoms with Crippen molar-refractivity contribution in [3.63, 3.8) is 0 Å². The summed E-state index contributed by atoms with van der Waals surface area (Å²) in [4.78, 5) is 40.0. The van der Waals surface area contributed by atoms with Crippen molar-refractivity contribution in [2.45, 2.75) is 64.1 Å². The highest BCUT2D eigenvalue weighted by molar-refractivity contribution is 5.97. The lowest BCUT2D eigenvalue weighted by molar-refractivity contribution is -0.124. The van der Waals surface area contributed by atoms with Crippen LogP contribution in [0.25, 0.3) is 0 Å². The smallest absolute Gasteiger partial charge is 0.317 e. The molecule has 1 saturated carbocycles. The van der Waals surface area contributed by atoms with E-state index in [0.717, 1.165) is 12.8 Å². The Morgan fingerprint density at radius 2 is 1.65 bits per heavy atom. The average molecular weight is 431 g/mol. The molecule has 8 heteroatoms. The van der Waals surface area contributed by atoms with Gasteiger partial charge in [0.15, 0.2) is 0 Å². The molecule has 0 radical (unpaired) electrons. The number of hydrogen-bond donors (Lipinski definition) is 3. The van der Waals surface area contributed by atoms with E-state index in [2.05, 4.69) is 16.0 Å². The van der Waals surface area contributed by atoms with Crippen LogP contribution in [0.5, 0.6) is 5.75 Å². The molecular formula is C23H34N4O4. The summed E-state index contributed by atoms with van der Waals surface area (Å²) in [5.41, 5.74) is 0.180. The van der Waals surface area contributed by atoms with Crippen molar-refractivity contribution in [1.29, 1.82) is 0 Å². The Morgan fingerprint density at radius 1 is 1.03 bits per heavy atom. The summed E-state index contributed by atoms with van der Waals surface area (Å²) < 4.78 is 5.14. The van der Waals surface area contributed by atoms with Gasteiger partial charge in [-0.2, -0.15) is 0 Å². The molecular weight excluding hydrogens is 396 g/mol. The van der Waals surface area contributed by atoms with Crippen molar-refractivity contribution >= 4 is 17.8 Å². The van der Waals surface area contributed by atoms with Crippen LogP contribution in [0.4, 0.5) is 4.79 Å². The first-order valence-corrected chi connectivity index (χ1v) is 11.0. The molecule has 1 aliphatic heterocycles. The van der Waals surface area contributed by atoms with Gasteiger partial charge in [-0.3, -0.25) is 9.59 Å². The molecule has 8 nitrogen and oxygen atoms in total. The molecule has 3 rings (SSSR count). The number of benzene rings is 1. The number of amides is 4. The van der Waals surface area contributed by atoms with Crippen LogP contribution < -0.4 is 20.7 Å². The van der Waals surface area contributed by atoms with Gasteiger partial charge in [0.05, 0.1) is 7.11 Å². The molecule has 3 N–H and O–H groups in total. The monoisotopic (exact) mass is 430 g/mol. The van der Waals surface area contributed by atoms with Crippen molar-refractivity contribution in [3.05, 3.63) is 29.8 Å². The topological polar surface area (TPSA) is 99.8 Å². The number of urea groups is 1. The molecule has 2 aliphatic rings. The van der Waals surface area contributed by atoms with Crippen molar-refractivity contribution in [1.82, 2.24) is 20.9 Å². The highest BCUT2D eigenvalue weighted by Gasteiger charge is 2.36. The van der Waals surface area contributed by atoms with E-state index < -0.39 is 6.04 Å². The summed E-state index contributed by atoms with van der Waals surface area (Å²) >= 11 is 0. The fourth-order valence-electron chi connectivity index (χ4n) is 3.72. The van der Waals surface area contributed by atoms with Crippen LogP contribution in [-0.2, 0) is 4.79 Å². The van der Waals surface area contributed by atoms with E-state index in [-0.39, 0.29) is 35.3 Å². The lowest BCUT2D eigenvalue weighted by atomic mass is 9.88. The van der Waals surface area contributed by atoms with Gasteiger partial charge in [-0.05, 0) is 76.6 Å². The molecule has 2 fully saturated rings. The van der Waals surface area contributed by atoms with Gasteiger partial charge in [0.25, 0.3) is 5.91 Å². The maximum atomic E-state index is 12.9. The van der Waals surface area contributed by atoms with Gasteiger partial charge in [0.1, 0.15) is 11.8 Å². The van der Waals surface area contributed by atoms with E-state index >= 15 is 0 Å². The van der Waals surface area contributed by atoms with Crippen LogP contribution in [0.2, 0.25) is 0 Å². The summed E-state index contributed by atoms with van der Waals surface area (Å²) in [6.45, 7) is 6.95. The number of methoxy groups -OCH3 is 1. The quantitative estimate of drug-likeness (QED) is 0.645. The molecule has 1 aromatic carbocycles. The minimum absolute atomic E-state index is 0.0281. The summed E-state index contributed by atoms with van der Waals surface area (Å²) in [5.74, 6) is 0.216. The van der Waals surface area contributed by atoms with Crippen LogP contribution >= 0.6 is 0 Å². The van der Waals surface area contributed by atoms with Crippen LogP contribution in [0, 0.1) is 5.92 Å². The van der Waals surface area contributed by atoms with E-state index in [9.17, 15) is 14.4 Å². The Bertz CT molecular complexity index is 791. The second-order valence-electron chi connectivity index (χ2n) is 9.47. The molecule has 0 bridgehead atoms. The largest absolute Gasteiger partial charge is 0.497 e. The second kappa shape index (κ2) is 9.58. The van der Waals surface area contributed by atoms with E-state index in [1.54, 1.807) is 36.3 Å². The normalized spacial score (nSPS) is 18.1. The molecule has 4 amide bonds. The van der Waals surface area contributed by atoms with E-state index in [0.29, 0.717) is 37.2 Å². The van der Waals surface area contributed by atoms with Crippen LogP contribution in [0.3, 0.4) is 0 Å². The highest BCUT2D eigenvalue weighted by atomic mass is 16.5. The number of piperidine rings is 1. The number of carbonyl (C=O) groups excluding carboxylic acids is 3. The van der Waals surface area contributed by atoms with Gasteiger partial charge in [-0.15, -0.1) is 0 Å². The number of nitrogens with zero attached hydrogens (tertiary/aromatic N) is 1. The molecule has 1 heterocycles. The van der Waals surface area contributed by atoms with Crippen LogP contribution in [-0.4, -0.2) is 60.6 Å². The lowest BCUT2D eigenvalue weighted by Crippen LogP contribution is -2.56. The maximum absolute atomic E-state index is 12.9. The third-order valence-electron chi connectivity index (χ3n) is 5.63. The average Bonchev–Trinajstić information content (AvgIpc) is 3.54. The molecule has 170 valence electrons. The first-order valence-electron chi connectivity index (χ1n) is 11.0. The van der Waals surface area contributed by atoms with Crippen molar-refractivity contribution < 1.29 is 19.1 Å². The van der Waals surface area contributed by atoms with Crippen molar-refractivity contribution in [3.8, 4) is 5.75 Å². The van der Waals surface area contributed by atoms with Gasteiger partial charge in [-0.1, -0.05) is 0 Å². The minimum atomic E-state index is -0.622. The van der Waals surface area contributed by atoms with Gasteiger partial charge in [0, 0.05) is 30.2 Å². The number of likely N-dealkylation sites (tertiary alicyclic amines) is 1. The molecule has 1 atom stereocenters. The Kier molecular flexibility index (Phi) is 7.08. The Hall–Kier alpha value is -2.77. The van der Waals surface area contributed by atoms with Crippen molar-refractivity contribution in [2.75, 3.05) is 20.2 Å². The Morgan fingerprint density at radius 3 is 2.16 bits per heavy atom. The van der Waals surface area contributed by atoms with Gasteiger partial charge >= 0.3 is 6.03 Å². The number of ether oxygens (including phenoxy) is 1. The summed E-state index contributed by atoms with van der Waals surface area (Å²) in [5, 5.41) is 8.95. The third-order valence-corrected chi connectivity index (χ3v) is 5.63. The SMILES string of the molecule is COc1ccc(C(=O)NC(C(=O)NC2CC2)C2CCN(C(=O)NC(C)(C)C)CC2)cc1. The molecule has 1 aromatic rings. The zero-order chi connectivity index (χ0) is 22.6. The van der Waals surface area contributed by atoms with Crippen molar-refractivity contribution in [2.24, 2.45) is 5.92 Å². The number of nitrogens with one attached hydrogen (secondary N) is 3. The first-order chi connectivity index (χ1) is 14.7. The predicted octanol–water partition coefficient (Wildman–Crippen LogP) is 2.29. The Labute approximate surface area is 184 Å². The number of hydrogen-bond acceptors (Lipinski definition) is 4. The molecule has 0 aromatic heterocycles. The van der Waals surface area contributed by atoms with Gasteiger partial charge < -0.3 is 25.6 Å². The third kappa shape index (κ3) is 6.60. The molecule has 0 spiro atoms. The molecule has 1 unspecified atom stereocenters. The van der Waals surface area contributed by atoms with Crippen LogP contribution in [0.1, 0.15) is 56.8 Å². The van der Waals surface area contributed by atoms with E-state index in [4.69, 9.17) is 4.74 Å². The van der Waals surface area contributed by atoms with E-state index in [1.165, 1.54) is 0 Å². The zero-order valence-electron chi connectivity index (χ0n) is 18.9. The number of rotatable bonds is 6. The fourth-order valence-corrected chi connectivity index (χ4v) is 3.72. The van der Waals surface area contributed by atoms with E-state index in [1.807, 2.05) is 20.8 Å². The second-order valence-corrected chi connectivity index (χ2v) is 9.47. The fraction of sp³-hybridized carbons (Fsp3) is 0.609. The molecule has 1 saturated heterocycles. The lowest BCUT2D eigenvalue weighted by Gasteiger charge is -2.37. The van der Waals surface area contributed by atoms with Gasteiger partial charge in [0.2, 0.25) is 5.91 Å². The minimum Gasteiger partial charge on any atom is -0.497 e. The Balaban J connectivity index is 1.64. The maximum Gasteiger partial charge on any atom is 0.317 e. The predicted molar refractivity (Wildman–Crippen MR) is 118 cm³/mol. The summed E-state index contributed by atoms with van der Waals surface area (Å²) in [7, 11) is 1.57. The standard InChI is InChI=1S/C23H34N4O4/c1-23(2,3)26-22(30)27-13-11-15(12-14-27)19(21(29)24-17-7-8-17)25-20(28)16-5-9-18(31-4)10-6-16/h5-6,9-10,15,17,19H,7-8,11-14H2,1-4H3,(H,24,29)(H,25,28)(H,26,30). The van der Waals surface area contributed by atoms with Crippen LogP contribution in [0.15, 0.2) is 24.3 Å².